The van der Waals surface area contributed by atoms with Crippen LogP contribution in [0.5, 0.6) is 11.5 Å². The Kier molecular flexibility index (Phi) is 5.40. The molecule has 2 aromatic heterocycles. The Morgan fingerprint density at radius 1 is 1.26 bits per heavy atom. The van der Waals surface area contributed by atoms with E-state index in [2.05, 4.69) is 16.2 Å². The molecule has 8 heteroatoms. The van der Waals surface area contributed by atoms with Crippen LogP contribution in [0.25, 0.3) is 0 Å². The number of aromatic nitrogens is 2. The topological polar surface area (TPSA) is 77.7 Å². The Morgan fingerprint density at radius 3 is 2.77 bits per heavy atom. The van der Waals surface area contributed by atoms with Gasteiger partial charge in [0.15, 0.2) is 17.3 Å². The summed E-state index contributed by atoms with van der Waals surface area (Å²) >= 11 is 1.66. The van der Waals surface area contributed by atoms with E-state index in [4.69, 9.17) is 14.0 Å². The maximum Gasteiger partial charge on any atom is 0.227 e. The lowest BCUT2D eigenvalue weighted by Crippen LogP contribution is -2.40. The second kappa shape index (κ2) is 8.34. The van der Waals surface area contributed by atoms with Gasteiger partial charge in [-0.1, -0.05) is 11.2 Å². The van der Waals surface area contributed by atoms with Crippen LogP contribution in [0.4, 0.5) is 0 Å². The molecule has 0 unspecified atom stereocenters. The van der Waals surface area contributed by atoms with E-state index in [1.807, 2.05) is 28.5 Å². The summed E-state index contributed by atoms with van der Waals surface area (Å²) in [7, 11) is 3.28. The molecule has 1 aromatic carbocycles. The number of carbonyl (C=O) groups is 1. The SMILES string of the molecule is COc1cc2c(cc1OC)[C@H](c1cccs1)N(C(=O)CCc1nc(C3CC3)no1)CC2. The number of hydrogen-bond acceptors (Lipinski definition) is 7. The predicted molar refractivity (Wildman–Crippen MR) is 116 cm³/mol. The Bertz CT molecular complexity index is 1070. The fourth-order valence-corrected chi connectivity index (χ4v) is 5.06. The summed E-state index contributed by atoms with van der Waals surface area (Å²) in [5.74, 6) is 3.26. The lowest BCUT2D eigenvalue weighted by Gasteiger charge is -2.37. The molecule has 1 saturated carbocycles. The van der Waals surface area contributed by atoms with Gasteiger partial charge in [0.2, 0.25) is 11.8 Å². The number of rotatable bonds is 7. The molecule has 1 atom stereocenters. The van der Waals surface area contributed by atoms with E-state index in [1.54, 1.807) is 25.6 Å². The first-order valence-corrected chi connectivity index (χ1v) is 11.5. The summed E-state index contributed by atoms with van der Waals surface area (Å²) in [4.78, 5) is 20.9. The number of hydrogen-bond donors (Lipinski definition) is 0. The fraction of sp³-hybridized carbons (Fsp3) is 0.435. The van der Waals surface area contributed by atoms with Gasteiger partial charge in [-0.3, -0.25) is 4.79 Å². The molecular formula is C23H25N3O4S. The molecule has 162 valence electrons. The van der Waals surface area contributed by atoms with Crippen LogP contribution >= 0.6 is 11.3 Å². The average molecular weight is 440 g/mol. The molecule has 3 heterocycles. The van der Waals surface area contributed by atoms with Gasteiger partial charge < -0.3 is 18.9 Å². The minimum absolute atomic E-state index is 0.0880. The number of ether oxygens (including phenoxy) is 2. The van der Waals surface area contributed by atoms with Crippen LogP contribution in [-0.2, 0) is 17.6 Å². The van der Waals surface area contributed by atoms with E-state index in [9.17, 15) is 4.79 Å². The number of amides is 1. The molecule has 0 saturated heterocycles. The number of thiophene rings is 1. The van der Waals surface area contributed by atoms with Crippen LogP contribution in [0.15, 0.2) is 34.2 Å². The van der Waals surface area contributed by atoms with E-state index in [-0.39, 0.29) is 11.9 Å². The van der Waals surface area contributed by atoms with Crippen molar-refractivity contribution in [1.82, 2.24) is 15.0 Å². The highest BCUT2D eigenvalue weighted by Crippen LogP contribution is 2.42. The van der Waals surface area contributed by atoms with Crippen molar-refractivity contribution < 1.29 is 18.8 Å². The highest BCUT2D eigenvalue weighted by atomic mass is 32.1. The third-order valence-corrected chi connectivity index (χ3v) is 6.91. The summed E-state index contributed by atoms with van der Waals surface area (Å²) in [6, 6.07) is 8.02. The standard InChI is InChI=1S/C23H25N3O4S/c1-28-17-12-15-9-10-26(21(27)8-7-20-24-23(25-30-20)14-5-6-14)22(19-4-3-11-31-19)16(15)13-18(17)29-2/h3-4,11-14,22H,5-10H2,1-2H3/t22-/m1/s1. The van der Waals surface area contributed by atoms with E-state index < -0.39 is 0 Å². The van der Waals surface area contributed by atoms with E-state index in [0.29, 0.717) is 42.7 Å². The van der Waals surface area contributed by atoms with Gasteiger partial charge >= 0.3 is 0 Å². The first-order chi connectivity index (χ1) is 15.2. The fourth-order valence-electron chi connectivity index (χ4n) is 4.20. The average Bonchev–Trinajstić information content (AvgIpc) is 3.30. The molecule has 1 aliphatic carbocycles. The van der Waals surface area contributed by atoms with Gasteiger partial charge in [-0.05, 0) is 54.0 Å². The number of methoxy groups -OCH3 is 2. The highest BCUT2D eigenvalue weighted by molar-refractivity contribution is 7.10. The quantitative estimate of drug-likeness (QED) is 0.551. The summed E-state index contributed by atoms with van der Waals surface area (Å²) in [5.41, 5.74) is 2.28. The molecule has 0 bridgehead atoms. The predicted octanol–water partition coefficient (Wildman–Crippen LogP) is 4.13. The molecule has 0 spiro atoms. The van der Waals surface area contributed by atoms with Gasteiger partial charge in [-0.25, -0.2) is 0 Å². The van der Waals surface area contributed by atoms with Crippen molar-refractivity contribution in [3.05, 3.63) is 57.4 Å². The van der Waals surface area contributed by atoms with Crippen molar-refractivity contribution in [3.63, 3.8) is 0 Å². The molecule has 5 rings (SSSR count). The zero-order valence-corrected chi connectivity index (χ0v) is 18.5. The molecular weight excluding hydrogens is 414 g/mol. The summed E-state index contributed by atoms with van der Waals surface area (Å²) in [6.45, 7) is 0.654. The molecule has 1 aliphatic heterocycles. The van der Waals surface area contributed by atoms with Gasteiger partial charge in [0.05, 0.1) is 20.3 Å². The first kappa shape index (κ1) is 20.1. The zero-order chi connectivity index (χ0) is 21.4. The molecule has 3 aromatic rings. The molecule has 1 fully saturated rings. The summed E-state index contributed by atoms with van der Waals surface area (Å²) in [6.07, 6.45) is 3.83. The molecule has 0 radical (unpaired) electrons. The second-order valence-electron chi connectivity index (χ2n) is 7.98. The van der Waals surface area contributed by atoms with Gasteiger partial charge in [-0.2, -0.15) is 4.98 Å². The lowest BCUT2D eigenvalue weighted by molar-refractivity contribution is -0.133. The highest BCUT2D eigenvalue weighted by Gasteiger charge is 2.34. The maximum absolute atomic E-state index is 13.3. The number of fused-ring (bicyclic) bond motifs is 1. The second-order valence-corrected chi connectivity index (χ2v) is 8.96. The van der Waals surface area contributed by atoms with E-state index in [0.717, 1.165) is 35.5 Å². The normalized spacial score (nSPS) is 18.0. The Balaban J connectivity index is 1.40. The Morgan fingerprint density at radius 2 is 2.06 bits per heavy atom. The minimum atomic E-state index is -0.138. The number of aryl methyl sites for hydroxylation is 1. The van der Waals surface area contributed by atoms with Crippen molar-refractivity contribution in [2.24, 2.45) is 0 Å². The zero-order valence-electron chi connectivity index (χ0n) is 17.7. The van der Waals surface area contributed by atoms with Gasteiger partial charge in [0.25, 0.3) is 0 Å². The van der Waals surface area contributed by atoms with E-state index in [1.165, 1.54) is 5.56 Å². The van der Waals surface area contributed by atoms with Crippen LogP contribution in [0.2, 0.25) is 0 Å². The van der Waals surface area contributed by atoms with Gasteiger partial charge in [0, 0.05) is 30.2 Å². The third-order valence-electron chi connectivity index (χ3n) is 5.99. The van der Waals surface area contributed by atoms with Gasteiger partial charge in [-0.15, -0.1) is 11.3 Å². The van der Waals surface area contributed by atoms with Crippen molar-refractivity contribution in [3.8, 4) is 11.5 Å². The van der Waals surface area contributed by atoms with Crippen LogP contribution in [0, 0.1) is 0 Å². The van der Waals surface area contributed by atoms with Crippen LogP contribution in [0.3, 0.4) is 0 Å². The molecule has 1 amide bonds. The first-order valence-electron chi connectivity index (χ1n) is 10.6. The smallest absolute Gasteiger partial charge is 0.227 e. The number of benzene rings is 1. The largest absolute Gasteiger partial charge is 0.493 e. The monoisotopic (exact) mass is 439 g/mol. The van der Waals surface area contributed by atoms with Crippen molar-refractivity contribution in [2.75, 3.05) is 20.8 Å². The molecule has 7 nitrogen and oxygen atoms in total. The van der Waals surface area contributed by atoms with Crippen LogP contribution in [0.1, 0.15) is 58.9 Å². The van der Waals surface area contributed by atoms with Crippen LogP contribution in [-0.4, -0.2) is 41.7 Å². The maximum atomic E-state index is 13.3. The van der Waals surface area contributed by atoms with E-state index >= 15 is 0 Å². The summed E-state index contributed by atoms with van der Waals surface area (Å²) < 4.78 is 16.4. The lowest BCUT2D eigenvalue weighted by atomic mass is 9.90. The van der Waals surface area contributed by atoms with Crippen molar-refractivity contribution >= 4 is 17.2 Å². The molecule has 31 heavy (non-hydrogen) atoms. The van der Waals surface area contributed by atoms with Crippen LogP contribution < -0.4 is 9.47 Å². The number of nitrogens with zero attached hydrogens (tertiary/aromatic N) is 3. The van der Waals surface area contributed by atoms with Crippen molar-refractivity contribution in [2.45, 2.75) is 44.1 Å². The van der Waals surface area contributed by atoms with Gasteiger partial charge in [0.1, 0.15) is 0 Å². The number of carbonyl (C=O) groups excluding carboxylic acids is 1. The third kappa shape index (κ3) is 3.92. The molecule has 0 N–H and O–H groups in total. The Hall–Kier alpha value is -2.87. The summed E-state index contributed by atoms with van der Waals surface area (Å²) in [5, 5.41) is 6.10. The minimum Gasteiger partial charge on any atom is -0.493 e. The molecule has 2 aliphatic rings. The Labute approximate surface area is 185 Å². The van der Waals surface area contributed by atoms with Crippen molar-refractivity contribution in [1.29, 1.82) is 0 Å².